The van der Waals surface area contributed by atoms with E-state index in [-0.39, 0.29) is 43.5 Å². The zero-order chi connectivity index (χ0) is 38.2. The number of carbonyl (C=O) groups excluding carboxylic acids is 4. The fraction of sp³-hybridized carbons (Fsp3) is 0.628. The molecule has 55 heavy (non-hydrogen) atoms. The van der Waals surface area contributed by atoms with Gasteiger partial charge >= 0.3 is 18.1 Å². The average molecular weight is 762 g/mol. The van der Waals surface area contributed by atoms with Crippen LogP contribution in [0.4, 0.5) is 15.3 Å². The Hall–Kier alpha value is -4.32. The number of nitrogens with zero attached hydrogens (tertiary/aromatic N) is 4. The number of carbonyl (C=O) groups is 4. The van der Waals surface area contributed by atoms with Crippen molar-refractivity contribution in [3.63, 3.8) is 0 Å². The van der Waals surface area contributed by atoms with Gasteiger partial charge in [0.25, 0.3) is 5.91 Å². The number of ether oxygens (including phenoxy) is 2. The average Bonchev–Trinajstić information content (AvgIpc) is 3.35. The molecule has 1 atom stereocenters. The Morgan fingerprint density at radius 1 is 0.873 bits per heavy atom. The molecule has 2 aromatic rings. The summed E-state index contributed by atoms with van der Waals surface area (Å²) in [5, 5.41) is 13.4. The first-order chi connectivity index (χ1) is 26.1. The third-order valence-corrected chi connectivity index (χ3v) is 12.1. The lowest BCUT2D eigenvalue weighted by atomic mass is 9.78. The second-order valence-electron chi connectivity index (χ2n) is 15.8. The summed E-state index contributed by atoms with van der Waals surface area (Å²) in [5.74, 6) is 0.975. The van der Waals surface area contributed by atoms with Crippen molar-refractivity contribution in [1.82, 2.24) is 19.6 Å². The first-order valence-electron chi connectivity index (χ1n) is 20.2. The molecule has 12 nitrogen and oxygen atoms in total. The molecule has 0 aromatic heterocycles. The van der Waals surface area contributed by atoms with Crippen LogP contribution in [0.2, 0.25) is 0 Å². The highest BCUT2D eigenvalue weighted by molar-refractivity contribution is 5.91. The van der Waals surface area contributed by atoms with Crippen LogP contribution >= 0.6 is 0 Å². The second-order valence-corrected chi connectivity index (χ2v) is 15.8. The monoisotopic (exact) mass is 761 g/mol. The molecule has 4 aliphatic heterocycles. The van der Waals surface area contributed by atoms with Crippen LogP contribution in [0, 0.1) is 25.7 Å². The number of amides is 4. The quantitative estimate of drug-likeness (QED) is 0.195. The Morgan fingerprint density at radius 2 is 1.49 bits per heavy atom. The maximum absolute atomic E-state index is 14.2. The first kappa shape index (κ1) is 41.8. The summed E-state index contributed by atoms with van der Waals surface area (Å²) in [6, 6.07) is 11.5. The highest BCUT2D eigenvalue weighted by atomic mass is 16.6. The number of fused-ring (bicyclic) bond motifs is 1. The van der Waals surface area contributed by atoms with E-state index in [4.69, 9.17) is 9.47 Å². The molecule has 12 heteroatoms. The van der Waals surface area contributed by atoms with Crippen molar-refractivity contribution >= 4 is 29.7 Å². The van der Waals surface area contributed by atoms with Gasteiger partial charge in [0, 0.05) is 50.9 Å². The maximum atomic E-state index is 14.2. The highest BCUT2D eigenvalue weighted by Crippen LogP contribution is 2.33. The van der Waals surface area contributed by atoms with Gasteiger partial charge in [-0.3, -0.25) is 14.5 Å². The number of phenols is 1. The van der Waals surface area contributed by atoms with Gasteiger partial charge in [-0.2, -0.15) is 0 Å². The van der Waals surface area contributed by atoms with E-state index in [1.165, 1.54) is 0 Å². The number of esters is 1. The van der Waals surface area contributed by atoms with Crippen LogP contribution in [-0.2, 0) is 31.9 Å². The van der Waals surface area contributed by atoms with Crippen LogP contribution in [0.1, 0.15) is 88.0 Å². The van der Waals surface area contributed by atoms with Crippen molar-refractivity contribution in [2.24, 2.45) is 11.8 Å². The fourth-order valence-electron chi connectivity index (χ4n) is 8.79. The molecule has 0 spiro atoms. The summed E-state index contributed by atoms with van der Waals surface area (Å²) < 4.78 is 11.5. The lowest BCUT2D eigenvalue weighted by Crippen LogP contribution is -2.52. The van der Waals surface area contributed by atoms with Gasteiger partial charge in [0.2, 0.25) is 0 Å². The maximum Gasteiger partial charge on any atom is 0.410 e. The minimum Gasteiger partial charge on any atom is -0.507 e. The number of aryl methyl sites for hydroxylation is 2. The number of para-hydroxylation sites is 1. The van der Waals surface area contributed by atoms with Gasteiger partial charge in [-0.1, -0.05) is 51.1 Å². The Morgan fingerprint density at radius 3 is 2.15 bits per heavy atom. The smallest absolute Gasteiger partial charge is 0.410 e. The molecule has 3 fully saturated rings. The zero-order valence-corrected chi connectivity index (χ0v) is 32.4. The number of aromatic hydroxyl groups is 1. The molecule has 0 radical (unpaired) electrons. The fourth-order valence-corrected chi connectivity index (χ4v) is 8.79. The van der Waals surface area contributed by atoms with Crippen LogP contribution < -0.4 is 5.32 Å². The molecule has 4 amide bonds. The molecule has 4 aliphatic rings. The molecule has 3 saturated heterocycles. The van der Waals surface area contributed by atoms with Crippen molar-refractivity contribution in [2.75, 3.05) is 64.3 Å². The third kappa shape index (κ3) is 10.7. The number of likely N-dealkylation sites (tertiary alicyclic amines) is 3. The Balaban J connectivity index is 0.00000580. The van der Waals surface area contributed by atoms with Crippen molar-refractivity contribution in [1.29, 1.82) is 0 Å². The molecule has 0 unspecified atom stereocenters. The summed E-state index contributed by atoms with van der Waals surface area (Å²) in [4.78, 5) is 60.8. The van der Waals surface area contributed by atoms with Crippen LogP contribution in [0.25, 0.3) is 0 Å². The summed E-state index contributed by atoms with van der Waals surface area (Å²) in [7, 11) is 0. The van der Waals surface area contributed by atoms with Gasteiger partial charge in [-0.25, -0.2) is 9.59 Å². The Bertz CT molecular complexity index is 1600. The zero-order valence-electron chi connectivity index (χ0n) is 32.4. The number of hydrogen-bond acceptors (Lipinski definition) is 8. The van der Waals surface area contributed by atoms with Crippen molar-refractivity contribution in [3.05, 3.63) is 58.7 Å². The van der Waals surface area contributed by atoms with E-state index in [9.17, 15) is 24.3 Å². The SMILES string of the molecule is C.CCCCOC(=O)CN1CCC(C2CCN(C(=O)[C@@H](Cc3cc(C)c(O)c(C)c3)OC(=O)N3CCC(N4CCc5ccccc5NC4=O)CC3)CC2)CC1. The third-order valence-electron chi connectivity index (χ3n) is 12.1. The summed E-state index contributed by atoms with van der Waals surface area (Å²) in [6.45, 7) is 11.1. The largest absolute Gasteiger partial charge is 0.507 e. The Kier molecular flexibility index (Phi) is 14.8. The van der Waals surface area contributed by atoms with E-state index < -0.39 is 12.2 Å². The summed E-state index contributed by atoms with van der Waals surface area (Å²) in [6.07, 6.45) is 6.50. The normalized spacial score (nSPS) is 19.5. The minimum atomic E-state index is -0.995. The molecule has 6 rings (SSSR count). The van der Waals surface area contributed by atoms with Crippen LogP contribution in [0.5, 0.6) is 5.75 Å². The standard InChI is InChI=1S/C42H59N5O7.CH4/c1-4-5-24-53-38(48)28-44-17-10-32(11-18-44)33-12-19-45(20-13-33)40(50)37(27-31-25-29(2)39(49)30(3)26-31)54-42(52)46-21-15-35(16-22-46)47-23-14-34-8-6-7-9-36(34)43-41(47)51;/h6-9,25-26,32-33,35,37,49H,4-5,10-24,27-28H2,1-3H3,(H,43,51);1H4/t37-;/m1./s1. The minimum absolute atomic E-state index is 0. The lowest BCUT2D eigenvalue weighted by molar-refractivity contribution is -0.145. The summed E-state index contributed by atoms with van der Waals surface area (Å²) >= 11 is 0. The van der Waals surface area contributed by atoms with Crippen LogP contribution in [-0.4, -0.2) is 120 Å². The topological polar surface area (TPSA) is 132 Å². The molecule has 2 N–H and O–H groups in total. The number of anilines is 1. The lowest BCUT2D eigenvalue weighted by Gasteiger charge is -2.41. The van der Waals surface area contributed by atoms with Crippen molar-refractivity contribution in [3.8, 4) is 5.75 Å². The van der Waals surface area contributed by atoms with Gasteiger partial charge in [0.1, 0.15) is 5.75 Å². The number of benzene rings is 2. The molecule has 0 aliphatic carbocycles. The van der Waals surface area contributed by atoms with Gasteiger partial charge in [-0.05, 0) is 118 Å². The van der Waals surface area contributed by atoms with Gasteiger partial charge in [0.15, 0.2) is 6.10 Å². The van der Waals surface area contributed by atoms with E-state index in [0.717, 1.165) is 74.8 Å². The predicted octanol–water partition coefficient (Wildman–Crippen LogP) is 6.54. The number of hydrogen-bond donors (Lipinski definition) is 2. The number of nitrogens with one attached hydrogen (secondary N) is 1. The van der Waals surface area contributed by atoms with E-state index >= 15 is 0 Å². The number of urea groups is 1. The second kappa shape index (κ2) is 19.5. The van der Waals surface area contributed by atoms with Crippen molar-refractivity contribution in [2.45, 2.75) is 105 Å². The number of piperidine rings is 3. The highest BCUT2D eigenvalue weighted by Gasteiger charge is 2.37. The van der Waals surface area contributed by atoms with Gasteiger partial charge < -0.3 is 34.6 Å². The molecule has 0 bridgehead atoms. The van der Waals surface area contributed by atoms with Crippen molar-refractivity contribution < 1.29 is 33.8 Å². The molecule has 4 heterocycles. The van der Waals surface area contributed by atoms with E-state index in [1.807, 2.05) is 60.0 Å². The van der Waals surface area contributed by atoms with Gasteiger partial charge in [0.05, 0.1) is 13.2 Å². The summed E-state index contributed by atoms with van der Waals surface area (Å²) in [5.41, 5.74) is 4.23. The Labute approximate surface area is 327 Å². The molecule has 2 aromatic carbocycles. The molecular formula is C43H63N5O7. The number of phenolic OH excluding ortho intramolecular Hbond substituents is 1. The van der Waals surface area contributed by atoms with E-state index in [0.29, 0.717) is 81.7 Å². The number of unbranched alkanes of at least 4 members (excludes halogenated alkanes) is 1. The van der Waals surface area contributed by atoms with Gasteiger partial charge in [-0.15, -0.1) is 0 Å². The number of rotatable bonds is 11. The van der Waals surface area contributed by atoms with Crippen LogP contribution in [0.3, 0.4) is 0 Å². The van der Waals surface area contributed by atoms with E-state index in [1.54, 1.807) is 4.90 Å². The van der Waals surface area contributed by atoms with E-state index in [2.05, 4.69) is 17.1 Å². The molecule has 302 valence electrons. The predicted molar refractivity (Wildman–Crippen MR) is 213 cm³/mol. The van der Waals surface area contributed by atoms with Crippen LogP contribution in [0.15, 0.2) is 36.4 Å². The first-order valence-corrected chi connectivity index (χ1v) is 20.2. The molecule has 0 saturated carbocycles. The molecular weight excluding hydrogens is 699 g/mol.